The summed E-state index contributed by atoms with van der Waals surface area (Å²) in [7, 11) is -2.22. The number of hydrogen-bond acceptors (Lipinski definition) is 3. The van der Waals surface area contributed by atoms with Gasteiger partial charge in [0.1, 0.15) is 4.90 Å². The second-order valence-electron chi connectivity index (χ2n) is 3.72. The molecule has 4 nitrogen and oxygen atoms in total. The van der Waals surface area contributed by atoms with Gasteiger partial charge >= 0.3 is 0 Å². The minimum Gasteiger partial charge on any atom is -0.313 e. The quantitative estimate of drug-likeness (QED) is 0.793. The van der Waals surface area contributed by atoms with Crippen LogP contribution in [-0.4, -0.2) is 22.0 Å². The second-order valence-corrected chi connectivity index (χ2v) is 6.36. The van der Waals surface area contributed by atoms with Crippen molar-refractivity contribution in [3.05, 3.63) is 27.7 Å². The highest BCUT2D eigenvalue weighted by Gasteiger charge is 2.19. The van der Waals surface area contributed by atoms with Crippen molar-refractivity contribution < 1.29 is 8.42 Å². The molecule has 18 heavy (non-hydrogen) atoms. The van der Waals surface area contributed by atoms with E-state index in [1.807, 2.05) is 6.92 Å². The van der Waals surface area contributed by atoms with Crippen LogP contribution in [0.15, 0.2) is 17.0 Å². The molecule has 0 atom stereocenters. The lowest BCUT2D eigenvalue weighted by Crippen LogP contribution is -2.20. The van der Waals surface area contributed by atoms with Crippen LogP contribution < -0.4 is 10.0 Å². The lowest BCUT2D eigenvalue weighted by atomic mass is 10.2. The largest absolute Gasteiger partial charge is 0.313 e. The molecule has 0 aliphatic carbocycles. The third kappa shape index (κ3) is 3.59. The van der Waals surface area contributed by atoms with Gasteiger partial charge in [-0.05, 0) is 32.1 Å². The normalized spacial score (nSPS) is 11.8. The molecular formula is C11H16Cl2N2O2S. The van der Waals surface area contributed by atoms with Gasteiger partial charge in [-0.25, -0.2) is 13.1 Å². The molecule has 102 valence electrons. The summed E-state index contributed by atoms with van der Waals surface area (Å²) in [6.07, 6.45) is 0.976. The SMILES string of the molecule is CCCNCc1c(Cl)ccc(S(=O)(=O)NC)c1Cl. The number of rotatable bonds is 6. The van der Waals surface area contributed by atoms with Gasteiger partial charge in [0, 0.05) is 17.1 Å². The fourth-order valence-electron chi connectivity index (χ4n) is 1.45. The Balaban J connectivity index is 3.15. The monoisotopic (exact) mass is 310 g/mol. The van der Waals surface area contributed by atoms with Crippen LogP contribution in [0.2, 0.25) is 10.0 Å². The minimum absolute atomic E-state index is 0.0457. The van der Waals surface area contributed by atoms with Gasteiger partial charge < -0.3 is 5.32 Å². The first-order chi connectivity index (χ1) is 8.44. The Labute approximate surface area is 118 Å². The molecular weight excluding hydrogens is 295 g/mol. The highest BCUT2D eigenvalue weighted by molar-refractivity contribution is 7.89. The van der Waals surface area contributed by atoms with Gasteiger partial charge in [-0.3, -0.25) is 0 Å². The first-order valence-corrected chi connectivity index (χ1v) is 7.79. The molecule has 0 saturated carbocycles. The molecule has 0 fully saturated rings. The van der Waals surface area contributed by atoms with E-state index in [1.165, 1.54) is 13.1 Å². The number of sulfonamides is 1. The van der Waals surface area contributed by atoms with Crippen molar-refractivity contribution in [3.8, 4) is 0 Å². The zero-order valence-electron chi connectivity index (χ0n) is 10.3. The molecule has 0 saturated heterocycles. The van der Waals surface area contributed by atoms with Crippen LogP contribution in [0.25, 0.3) is 0 Å². The zero-order chi connectivity index (χ0) is 13.8. The van der Waals surface area contributed by atoms with Gasteiger partial charge in [0.2, 0.25) is 10.0 Å². The topological polar surface area (TPSA) is 58.2 Å². The molecule has 0 spiro atoms. The summed E-state index contributed by atoms with van der Waals surface area (Å²) in [6, 6.07) is 2.94. The summed E-state index contributed by atoms with van der Waals surface area (Å²) in [4.78, 5) is 0.0457. The molecule has 0 radical (unpaired) electrons. The first kappa shape index (κ1) is 15.7. The van der Waals surface area contributed by atoms with Crippen molar-refractivity contribution in [1.82, 2.24) is 10.0 Å². The van der Waals surface area contributed by atoms with Crippen LogP contribution in [-0.2, 0) is 16.6 Å². The predicted molar refractivity (Wildman–Crippen MR) is 74.7 cm³/mol. The van der Waals surface area contributed by atoms with Gasteiger partial charge in [-0.2, -0.15) is 0 Å². The first-order valence-electron chi connectivity index (χ1n) is 5.55. The van der Waals surface area contributed by atoms with E-state index in [0.717, 1.165) is 13.0 Å². The van der Waals surface area contributed by atoms with Crippen LogP contribution in [0.4, 0.5) is 0 Å². The summed E-state index contributed by atoms with van der Waals surface area (Å²) in [5.74, 6) is 0. The fraction of sp³-hybridized carbons (Fsp3) is 0.455. The molecule has 1 aromatic rings. The zero-order valence-corrected chi connectivity index (χ0v) is 12.6. The lowest BCUT2D eigenvalue weighted by Gasteiger charge is -2.12. The molecule has 0 aromatic heterocycles. The molecule has 0 unspecified atom stereocenters. The summed E-state index contributed by atoms with van der Waals surface area (Å²) < 4.78 is 25.7. The molecule has 7 heteroatoms. The van der Waals surface area contributed by atoms with Gasteiger partial charge in [-0.1, -0.05) is 30.1 Å². The average Bonchev–Trinajstić information content (AvgIpc) is 2.33. The van der Waals surface area contributed by atoms with Crippen LogP contribution in [0.5, 0.6) is 0 Å². The number of nitrogens with one attached hydrogen (secondary N) is 2. The molecule has 0 amide bonds. The second kappa shape index (κ2) is 6.73. The molecule has 1 rings (SSSR count). The molecule has 0 bridgehead atoms. The summed E-state index contributed by atoms with van der Waals surface area (Å²) in [5.41, 5.74) is 0.600. The van der Waals surface area contributed by atoms with Gasteiger partial charge in [0.25, 0.3) is 0 Å². The van der Waals surface area contributed by atoms with E-state index >= 15 is 0 Å². The summed E-state index contributed by atoms with van der Waals surface area (Å²) in [5, 5.41) is 3.77. The highest BCUT2D eigenvalue weighted by atomic mass is 35.5. The Kier molecular flexibility index (Phi) is 5.88. The van der Waals surface area contributed by atoms with Crippen molar-refractivity contribution in [2.75, 3.05) is 13.6 Å². The van der Waals surface area contributed by atoms with E-state index in [1.54, 1.807) is 6.07 Å². The third-order valence-electron chi connectivity index (χ3n) is 2.44. The molecule has 2 N–H and O–H groups in total. The van der Waals surface area contributed by atoms with Crippen molar-refractivity contribution >= 4 is 33.2 Å². The minimum atomic E-state index is -3.57. The number of halogens is 2. The Hall–Kier alpha value is -0.330. The van der Waals surface area contributed by atoms with Crippen molar-refractivity contribution in [1.29, 1.82) is 0 Å². The highest BCUT2D eigenvalue weighted by Crippen LogP contribution is 2.30. The maximum Gasteiger partial charge on any atom is 0.241 e. The summed E-state index contributed by atoms with van der Waals surface area (Å²) in [6.45, 7) is 3.30. The van der Waals surface area contributed by atoms with Gasteiger partial charge in [0.15, 0.2) is 0 Å². The molecule has 0 heterocycles. The average molecular weight is 311 g/mol. The van der Waals surface area contributed by atoms with E-state index in [9.17, 15) is 8.42 Å². The Morgan fingerprint density at radius 3 is 2.50 bits per heavy atom. The van der Waals surface area contributed by atoms with Crippen LogP contribution in [0.1, 0.15) is 18.9 Å². The Morgan fingerprint density at radius 1 is 1.28 bits per heavy atom. The Morgan fingerprint density at radius 2 is 1.94 bits per heavy atom. The van der Waals surface area contributed by atoms with Crippen LogP contribution in [0.3, 0.4) is 0 Å². The fourth-order valence-corrected chi connectivity index (χ4v) is 3.08. The van der Waals surface area contributed by atoms with Crippen LogP contribution >= 0.6 is 23.2 Å². The Bertz CT molecular complexity index is 518. The molecule has 1 aromatic carbocycles. The number of benzene rings is 1. The van der Waals surface area contributed by atoms with E-state index in [-0.39, 0.29) is 9.92 Å². The predicted octanol–water partition coefficient (Wildman–Crippen LogP) is 2.40. The van der Waals surface area contributed by atoms with Crippen LogP contribution in [0, 0.1) is 0 Å². The summed E-state index contributed by atoms with van der Waals surface area (Å²) >= 11 is 12.1. The maximum atomic E-state index is 11.8. The van der Waals surface area contributed by atoms with E-state index in [4.69, 9.17) is 23.2 Å². The van der Waals surface area contributed by atoms with Gasteiger partial charge in [-0.15, -0.1) is 0 Å². The van der Waals surface area contributed by atoms with Crippen molar-refractivity contribution in [2.24, 2.45) is 0 Å². The smallest absolute Gasteiger partial charge is 0.241 e. The number of hydrogen-bond donors (Lipinski definition) is 2. The standard InChI is InChI=1S/C11H16Cl2N2O2S/c1-3-6-15-7-8-9(12)4-5-10(11(8)13)18(16,17)14-2/h4-5,14-15H,3,6-7H2,1-2H3. The van der Waals surface area contributed by atoms with E-state index in [0.29, 0.717) is 17.1 Å². The van der Waals surface area contributed by atoms with Crippen molar-refractivity contribution in [2.45, 2.75) is 24.8 Å². The van der Waals surface area contributed by atoms with Gasteiger partial charge in [0.05, 0.1) is 5.02 Å². The lowest BCUT2D eigenvalue weighted by molar-refractivity contribution is 0.588. The van der Waals surface area contributed by atoms with E-state index < -0.39 is 10.0 Å². The molecule has 0 aliphatic rings. The van der Waals surface area contributed by atoms with E-state index in [2.05, 4.69) is 10.0 Å². The maximum absolute atomic E-state index is 11.8. The molecule has 0 aliphatic heterocycles. The third-order valence-corrected chi connectivity index (χ3v) is 4.79. The van der Waals surface area contributed by atoms with Crippen molar-refractivity contribution in [3.63, 3.8) is 0 Å².